The number of fused-ring (bicyclic) bond motifs is 1. The van der Waals surface area contributed by atoms with Crippen molar-refractivity contribution in [3.63, 3.8) is 0 Å². The molecular weight excluding hydrogens is 322 g/mol. The summed E-state index contributed by atoms with van der Waals surface area (Å²) in [5.41, 5.74) is 2.64. The van der Waals surface area contributed by atoms with E-state index in [1.807, 2.05) is 0 Å². The van der Waals surface area contributed by atoms with E-state index in [9.17, 15) is 0 Å². The third-order valence-corrected chi connectivity index (χ3v) is 5.53. The minimum Gasteiger partial charge on any atom is -0.368 e. The molecule has 1 aliphatic heterocycles. The fourth-order valence-electron chi connectivity index (χ4n) is 3.84. The van der Waals surface area contributed by atoms with Crippen LogP contribution in [0.25, 0.3) is 0 Å². The van der Waals surface area contributed by atoms with Gasteiger partial charge in [0.1, 0.15) is 0 Å². The van der Waals surface area contributed by atoms with Crippen LogP contribution in [0, 0.1) is 5.92 Å². The Bertz CT molecular complexity index is 446. The first-order valence-corrected chi connectivity index (χ1v) is 8.73. The van der Waals surface area contributed by atoms with Crippen LogP contribution in [0.15, 0.2) is 22.7 Å². The van der Waals surface area contributed by atoms with E-state index in [0.717, 1.165) is 16.4 Å². The normalized spacial score (nSPS) is 27.2. The van der Waals surface area contributed by atoms with Crippen LogP contribution in [0.1, 0.15) is 44.1 Å². The molecule has 19 heavy (non-hydrogen) atoms. The van der Waals surface area contributed by atoms with Gasteiger partial charge in [-0.2, -0.15) is 0 Å². The summed E-state index contributed by atoms with van der Waals surface area (Å²) in [6.07, 6.45) is 8.35. The summed E-state index contributed by atoms with van der Waals surface area (Å²) >= 11 is 9.75. The fourth-order valence-corrected chi connectivity index (χ4v) is 4.42. The number of nitrogens with zero attached hydrogens (tertiary/aromatic N) is 1. The Balaban J connectivity index is 1.93. The van der Waals surface area contributed by atoms with Crippen molar-refractivity contribution < 1.29 is 0 Å². The first-order valence-electron chi connectivity index (χ1n) is 7.40. The van der Waals surface area contributed by atoms with E-state index in [-0.39, 0.29) is 0 Å². The van der Waals surface area contributed by atoms with E-state index in [0.29, 0.717) is 5.88 Å². The van der Waals surface area contributed by atoms with E-state index in [2.05, 4.69) is 39.0 Å². The molecule has 1 saturated carbocycles. The Labute approximate surface area is 129 Å². The van der Waals surface area contributed by atoms with Crippen LogP contribution in [0.3, 0.4) is 0 Å². The molecule has 2 fully saturated rings. The highest BCUT2D eigenvalue weighted by molar-refractivity contribution is 9.10. The molecule has 1 nitrogen and oxygen atoms in total. The third-order valence-electron chi connectivity index (χ3n) is 4.74. The molecule has 2 aliphatic rings. The third kappa shape index (κ3) is 2.80. The molecule has 3 rings (SSSR count). The molecule has 1 aromatic rings. The van der Waals surface area contributed by atoms with Crippen molar-refractivity contribution in [2.45, 2.75) is 50.4 Å². The SMILES string of the molecule is ClCc1ccc(Br)cc1N1CCCC2CCCCC21. The minimum atomic E-state index is 0.608. The quantitative estimate of drug-likeness (QED) is 0.655. The Morgan fingerprint density at radius 2 is 1.95 bits per heavy atom. The van der Waals surface area contributed by atoms with Gasteiger partial charge in [-0.05, 0) is 49.3 Å². The van der Waals surface area contributed by atoms with Crippen molar-refractivity contribution in [1.29, 1.82) is 0 Å². The molecular formula is C16H21BrClN. The van der Waals surface area contributed by atoms with Gasteiger partial charge in [0.05, 0.1) is 0 Å². The average Bonchev–Trinajstić information content (AvgIpc) is 2.46. The predicted octanol–water partition coefficient (Wildman–Crippen LogP) is 5.35. The van der Waals surface area contributed by atoms with Crippen LogP contribution in [0.4, 0.5) is 5.69 Å². The van der Waals surface area contributed by atoms with E-state index < -0.39 is 0 Å². The lowest BCUT2D eigenvalue weighted by atomic mass is 9.78. The first-order chi connectivity index (χ1) is 9.29. The fraction of sp³-hybridized carbons (Fsp3) is 0.625. The number of anilines is 1. The molecule has 104 valence electrons. The largest absolute Gasteiger partial charge is 0.368 e. The molecule has 0 N–H and O–H groups in total. The molecule has 1 aliphatic carbocycles. The zero-order valence-corrected chi connectivity index (χ0v) is 13.6. The summed E-state index contributed by atoms with van der Waals surface area (Å²) in [5, 5.41) is 0. The molecule has 0 radical (unpaired) electrons. The van der Waals surface area contributed by atoms with Gasteiger partial charge in [-0.3, -0.25) is 0 Å². The lowest BCUT2D eigenvalue weighted by Crippen LogP contribution is -2.47. The second-order valence-electron chi connectivity index (χ2n) is 5.85. The molecule has 0 spiro atoms. The minimum absolute atomic E-state index is 0.608. The summed E-state index contributed by atoms with van der Waals surface area (Å²) < 4.78 is 1.16. The van der Waals surface area contributed by atoms with Gasteiger partial charge in [-0.15, -0.1) is 11.6 Å². The van der Waals surface area contributed by atoms with Crippen LogP contribution < -0.4 is 4.90 Å². The van der Waals surface area contributed by atoms with Gasteiger partial charge in [0, 0.05) is 28.6 Å². The van der Waals surface area contributed by atoms with Crippen molar-refractivity contribution in [3.8, 4) is 0 Å². The summed E-state index contributed by atoms with van der Waals surface area (Å²) in [6.45, 7) is 1.20. The smallest absolute Gasteiger partial charge is 0.0494 e. The van der Waals surface area contributed by atoms with Crippen molar-refractivity contribution in [3.05, 3.63) is 28.2 Å². The highest BCUT2D eigenvalue weighted by Gasteiger charge is 2.33. The molecule has 1 saturated heterocycles. The second-order valence-corrected chi connectivity index (χ2v) is 7.04. The Morgan fingerprint density at radius 1 is 1.16 bits per heavy atom. The zero-order valence-electron chi connectivity index (χ0n) is 11.2. The number of hydrogen-bond acceptors (Lipinski definition) is 1. The van der Waals surface area contributed by atoms with Gasteiger partial charge in [-0.25, -0.2) is 0 Å². The molecule has 0 amide bonds. The highest BCUT2D eigenvalue weighted by Crippen LogP contribution is 2.39. The monoisotopic (exact) mass is 341 g/mol. The lowest BCUT2D eigenvalue weighted by molar-refractivity contribution is 0.243. The average molecular weight is 343 g/mol. The summed E-state index contributed by atoms with van der Waals surface area (Å²) in [6, 6.07) is 7.27. The van der Waals surface area contributed by atoms with Crippen LogP contribution in [-0.2, 0) is 5.88 Å². The number of halogens is 2. The maximum Gasteiger partial charge on any atom is 0.0494 e. The van der Waals surface area contributed by atoms with Crippen LogP contribution in [0.5, 0.6) is 0 Å². The molecule has 2 unspecified atom stereocenters. The van der Waals surface area contributed by atoms with Crippen molar-refractivity contribution in [2.75, 3.05) is 11.4 Å². The predicted molar refractivity (Wildman–Crippen MR) is 86.0 cm³/mol. The van der Waals surface area contributed by atoms with Gasteiger partial charge < -0.3 is 4.90 Å². The number of alkyl halides is 1. The van der Waals surface area contributed by atoms with Crippen LogP contribution >= 0.6 is 27.5 Å². The maximum absolute atomic E-state index is 6.14. The van der Waals surface area contributed by atoms with E-state index in [4.69, 9.17) is 11.6 Å². The molecule has 0 aromatic heterocycles. The van der Waals surface area contributed by atoms with Gasteiger partial charge in [0.25, 0.3) is 0 Å². The number of piperidine rings is 1. The number of rotatable bonds is 2. The Hall–Kier alpha value is -0.210. The maximum atomic E-state index is 6.14. The van der Waals surface area contributed by atoms with Crippen molar-refractivity contribution >= 4 is 33.2 Å². The topological polar surface area (TPSA) is 3.24 Å². The standard InChI is InChI=1S/C16H21BrClN/c17-14-8-7-13(11-18)16(10-14)19-9-3-5-12-4-1-2-6-15(12)19/h7-8,10,12,15H,1-6,9,11H2. The summed E-state index contributed by atoms with van der Waals surface area (Å²) in [7, 11) is 0. The number of hydrogen-bond donors (Lipinski definition) is 0. The van der Waals surface area contributed by atoms with Crippen molar-refractivity contribution in [1.82, 2.24) is 0 Å². The van der Waals surface area contributed by atoms with Gasteiger partial charge in [0.2, 0.25) is 0 Å². The highest BCUT2D eigenvalue weighted by atomic mass is 79.9. The molecule has 3 heteroatoms. The summed E-state index contributed by atoms with van der Waals surface area (Å²) in [5.74, 6) is 1.51. The number of benzene rings is 1. The van der Waals surface area contributed by atoms with Gasteiger partial charge >= 0.3 is 0 Å². The first kappa shape index (κ1) is 13.8. The second kappa shape index (κ2) is 6.05. The molecule has 2 atom stereocenters. The molecule has 1 aromatic carbocycles. The summed E-state index contributed by atoms with van der Waals surface area (Å²) in [4.78, 5) is 2.65. The van der Waals surface area contributed by atoms with Crippen LogP contribution in [-0.4, -0.2) is 12.6 Å². The van der Waals surface area contributed by atoms with E-state index in [1.54, 1.807) is 0 Å². The van der Waals surface area contributed by atoms with Gasteiger partial charge in [0.15, 0.2) is 0 Å². The molecule has 1 heterocycles. The van der Waals surface area contributed by atoms with E-state index in [1.165, 1.54) is 56.3 Å². The zero-order chi connectivity index (χ0) is 13.2. The van der Waals surface area contributed by atoms with Gasteiger partial charge in [-0.1, -0.05) is 34.8 Å². The molecule has 0 bridgehead atoms. The Kier molecular flexibility index (Phi) is 4.38. The lowest BCUT2D eigenvalue weighted by Gasteiger charge is -2.46. The van der Waals surface area contributed by atoms with Crippen molar-refractivity contribution in [2.24, 2.45) is 5.92 Å². The van der Waals surface area contributed by atoms with E-state index >= 15 is 0 Å². The Morgan fingerprint density at radius 3 is 2.79 bits per heavy atom. The van der Waals surface area contributed by atoms with Crippen LogP contribution in [0.2, 0.25) is 0 Å².